The average molecular weight is 418 g/mol. The molecular formula is C26H31N3O2. The first kappa shape index (κ1) is 20.3. The molecule has 5 heteroatoms. The first-order valence-electron chi connectivity index (χ1n) is 11.2. The summed E-state index contributed by atoms with van der Waals surface area (Å²) in [5, 5.41) is 11.8. The van der Waals surface area contributed by atoms with Gasteiger partial charge in [0.15, 0.2) is 0 Å². The second kappa shape index (κ2) is 8.13. The summed E-state index contributed by atoms with van der Waals surface area (Å²) in [5.41, 5.74) is 2.93. The largest absolute Gasteiger partial charge is 0.497 e. The van der Waals surface area contributed by atoms with Gasteiger partial charge in [0.25, 0.3) is 0 Å². The van der Waals surface area contributed by atoms with Crippen LogP contribution in [0.2, 0.25) is 0 Å². The molecule has 0 amide bonds. The van der Waals surface area contributed by atoms with Crippen LogP contribution >= 0.6 is 0 Å². The van der Waals surface area contributed by atoms with Crippen LogP contribution in [-0.2, 0) is 19.2 Å². The summed E-state index contributed by atoms with van der Waals surface area (Å²) in [7, 11) is 3.69. The highest BCUT2D eigenvalue weighted by molar-refractivity contribution is 5.64. The Morgan fingerprint density at radius 3 is 2.45 bits per heavy atom. The Morgan fingerprint density at radius 1 is 1.06 bits per heavy atom. The Kier molecular flexibility index (Phi) is 5.32. The van der Waals surface area contributed by atoms with Crippen molar-refractivity contribution in [2.75, 3.05) is 20.2 Å². The van der Waals surface area contributed by atoms with E-state index in [1.165, 1.54) is 23.1 Å². The Hall–Kier alpha value is -2.63. The number of aromatic nitrogens is 2. The van der Waals surface area contributed by atoms with Crippen molar-refractivity contribution >= 4 is 0 Å². The predicted molar refractivity (Wildman–Crippen MR) is 122 cm³/mol. The van der Waals surface area contributed by atoms with Crippen molar-refractivity contribution in [3.8, 4) is 16.9 Å². The van der Waals surface area contributed by atoms with Crippen LogP contribution in [0.1, 0.15) is 30.7 Å². The molecule has 1 N–H and O–H groups in total. The Morgan fingerprint density at radius 2 is 1.81 bits per heavy atom. The fourth-order valence-electron chi connectivity index (χ4n) is 5.68. The van der Waals surface area contributed by atoms with Crippen LogP contribution in [0.25, 0.3) is 11.1 Å². The second-order valence-electron chi connectivity index (χ2n) is 9.13. The fraction of sp³-hybridized carbons (Fsp3) is 0.423. The number of hydrogen-bond acceptors (Lipinski definition) is 4. The molecule has 0 unspecified atom stereocenters. The Balaban J connectivity index is 1.35. The number of ether oxygens (including phenoxy) is 1. The van der Waals surface area contributed by atoms with Gasteiger partial charge in [0, 0.05) is 50.9 Å². The van der Waals surface area contributed by atoms with E-state index in [1.54, 1.807) is 13.3 Å². The van der Waals surface area contributed by atoms with Crippen molar-refractivity contribution in [3.63, 3.8) is 0 Å². The number of piperidine rings is 1. The molecule has 1 aliphatic carbocycles. The van der Waals surface area contributed by atoms with E-state index in [1.807, 2.05) is 29.9 Å². The fourth-order valence-corrected chi connectivity index (χ4v) is 5.68. The second-order valence-corrected chi connectivity index (χ2v) is 9.13. The molecule has 2 aromatic carbocycles. The summed E-state index contributed by atoms with van der Waals surface area (Å²) < 4.78 is 7.28. The number of fused-ring (bicyclic) bond motifs is 2. The number of nitrogens with zero attached hydrogens (tertiary/aromatic N) is 3. The van der Waals surface area contributed by atoms with Gasteiger partial charge in [-0.2, -0.15) is 0 Å². The summed E-state index contributed by atoms with van der Waals surface area (Å²) in [6, 6.07) is 17.0. The van der Waals surface area contributed by atoms with Crippen molar-refractivity contribution < 1.29 is 9.84 Å². The number of methoxy groups -OCH3 is 1. The first-order valence-corrected chi connectivity index (χ1v) is 11.2. The third-order valence-electron chi connectivity index (χ3n) is 7.24. The van der Waals surface area contributed by atoms with Crippen molar-refractivity contribution in [1.29, 1.82) is 0 Å². The van der Waals surface area contributed by atoms with Crippen LogP contribution in [0.5, 0.6) is 5.75 Å². The lowest BCUT2D eigenvalue weighted by atomic mass is 9.65. The topological polar surface area (TPSA) is 50.5 Å². The zero-order chi connectivity index (χ0) is 21.4. The lowest BCUT2D eigenvalue weighted by molar-refractivity contribution is -0.155. The van der Waals surface area contributed by atoms with E-state index >= 15 is 0 Å². The van der Waals surface area contributed by atoms with Crippen LogP contribution in [0.4, 0.5) is 0 Å². The Labute approximate surface area is 184 Å². The number of imidazole rings is 1. The number of rotatable bonds is 5. The van der Waals surface area contributed by atoms with Crippen LogP contribution in [-0.4, -0.2) is 39.8 Å². The third-order valence-corrected chi connectivity index (χ3v) is 7.24. The summed E-state index contributed by atoms with van der Waals surface area (Å²) in [6.07, 6.45) is 7.06. The lowest BCUT2D eigenvalue weighted by Crippen LogP contribution is -2.58. The number of likely N-dealkylation sites (tertiary alicyclic amines) is 1. The van der Waals surface area contributed by atoms with Gasteiger partial charge >= 0.3 is 0 Å². The first-order chi connectivity index (χ1) is 15.1. The van der Waals surface area contributed by atoms with Gasteiger partial charge < -0.3 is 14.4 Å². The lowest BCUT2D eigenvalue weighted by Gasteiger charge is -2.52. The molecule has 2 aliphatic rings. The minimum absolute atomic E-state index is 0.228. The molecule has 3 aromatic rings. The summed E-state index contributed by atoms with van der Waals surface area (Å²) in [4.78, 5) is 7.07. The minimum Gasteiger partial charge on any atom is -0.497 e. The number of hydrogen-bond donors (Lipinski definition) is 1. The molecule has 2 atom stereocenters. The molecule has 162 valence electrons. The Bertz CT molecular complexity index is 1030. The van der Waals surface area contributed by atoms with Crippen molar-refractivity contribution in [2.45, 2.75) is 31.4 Å². The highest BCUT2D eigenvalue weighted by Crippen LogP contribution is 2.48. The van der Waals surface area contributed by atoms with E-state index in [4.69, 9.17) is 4.74 Å². The molecule has 2 bridgehead atoms. The molecule has 31 heavy (non-hydrogen) atoms. The van der Waals surface area contributed by atoms with Gasteiger partial charge in [-0.3, -0.25) is 4.90 Å². The maximum Gasteiger partial charge on any atom is 0.141 e. The zero-order valence-corrected chi connectivity index (χ0v) is 18.4. The average Bonchev–Trinajstić information content (AvgIpc) is 3.21. The van der Waals surface area contributed by atoms with Crippen LogP contribution in [0.3, 0.4) is 0 Å². The van der Waals surface area contributed by atoms with Gasteiger partial charge in [-0.15, -0.1) is 0 Å². The molecule has 1 aromatic heterocycles. The van der Waals surface area contributed by atoms with Gasteiger partial charge in [-0.25, -0.2) is 4.98 Å². The van der Waals surface area contributed by atoms with E-state index in [0.29, 0.717) is 0 Å². The maximum atomic E-state index is 11.8. The van der Waals surface area contributed by atoms with Gasteiger partial charge in [-0.1, -0.05) is 36.8 Å². The predicted octanol–water partition coefficient (Wildman–Crippen LogP) is 4.22. The van der Waals surface area contributed by atoms with E-state index in [-0.39, 0.29) is 11.8 Å². The molecule has 5 nitrogen and oxygen atoms in total. The van der Waals surface area contributed by atoms with E-state index in [9.17, 15) is 5.11 Å². The van der Waals surface area contributed by atoms with Gasteiger partial charge in [0.05, 0.1) is 7.11 Å². The normalized spacial score (nSPS) is 26.0. The van der Waals surface area contributed by atoms with Crippen molar-refractivity contribution in [2.24, 2.45) is 18.9 Å². The molecule has 5 rings (SSSR count). The van der Waals surface area contributed by atoms with Gasteiger partial charge in [0.1, 0.15) is 17.2 Å². The minimum atomic E-state index is -0.808. The number of benzene rings is 2. The quantitative estimate of drug-likeness (QED) is 0.676. The van der Waals surface area contributed by atoms with Crippen molar-refractivity contribution in [3.05, 3.63) is 72.3 Å². The van der Waals surface area contributed by atoms with Crippen LogP contribution in [0, 0.1) is 11.8 Å². The summed E-state index contributed by atoms with van der Waals surface area (Å²) >= 11 is 0. The van der Waals surface area contributed by atoms with Gasteiger partial charge in [0.2, 0.25) is 0 Å². The number of aliphatic hydroxyl groups is 1. The highest BCUT2D eigenvalue weighted by Gasteiger charge is 2.53. The summed E-state index contributed by atoms with van der Waals surface area (Å²) in [6.45, 7) is 2.73. The molecule has 0 radical (unpaired) electrons. The number of aryl methyl sites for hydroxylation is 1. The van der Waals surface area contributed by atoms with Crippen LogP contribution < -0.4 is 4.74 Å². The summed E-state index contributed by atoms with van der Waals surface area (Å²) in [5.74, 6) is 2.17. The zero-order valence-electron chi connectivity index (χ0n) is 18.4. The maximum absolute atomic E-state index is 11.8. The molecule has 1 saturated heterocycles. The van der Waals surface area contributed by atoms with E-state index in [2.05, 4.69) is 46.3 Å². The standard InChI is InChI=1S/C26H31N3O2/c1-28-14-13-27-25(28)26(30)22-7-4-8-23(26)18-29(17-22)16-19-5-3-6-21(15-19)20-9-11-24(31-2)12-10-20/h3,5-6,9-15,22-23,30H,4,7-8,16-18H2,1-2H3/t22-,23-/m1/s1. The molecule has 2 fully saturated rings. The molecule has 1 aliphatic heterocycles. The monoisotopic (exact) mass is 417 g/mol. The van der Waals surface area contributed by atoms with E-state index in [0.717, 1.165) is 44.0 Å². The molecular weight excluding hydrogens is 386 g/mol. The smallest absolute Gasteiger partial charge is 0.141 e. The molecule has 0 spiro atoms. The van der Waals surface area contributed by atoms with E-state index < -0.39 is 5.60 Å². The van der Waals surface area contributed by atoms with Gasteiger partial charge in [-0.05, 0) is 47.7 Å². The third kappa shape index (κ3) is 3.66. The SMILES string of the molecule is COc1ccc(-c2cccc(CN3C[C@H]4CCC[C@H](C3)C4(O)c3nccn3C)c2)cc1. The highest BCUT2D eigenvalue weighted by atomic mass is 16.5. The molecule has 2 heterocycles. The van der Waals surface area contributed by atoms with Crippen LogP contribution in [0.15, 0.2) is 60.9 Å². The van der Waals surface area contributed by atoms with Crippen molar-refractivity contribution in [1.82, 2.24) is 14.5 Å². The molecule has 1 saturated carbocycles.